The van der Waals surface area contributed by atoms with Crippen LogP contribution in [0.5, 0.6) is 11.5 Å². The Morgan fingerprint density at radius 2 is 1.85 bits per heavy atom. The van der Waals surface area contributed by atoms with E-state index < -0.39 is 0 Å². The van der Waals surface area contributed by atoms with E-state index in [0.29, 0.717) is 30.4 Å². The smallest absolute Gasteiger partial charge is 0.321 e. The number of aromatic amines is 1. The molecule has 138 valence electrons. The predicted octanol–water partition coefficient (Wildman–Crippen LogP) is 4.01. The topological polar surface area (TPSA) is 83.1 Å². The fourth-order valence-corrected chi connectivity index (χ4v) is 3.23. The zero-order chi connectivity index (χ0) is 18.5. The number of nitrogens with one attached hydrogen (secondary N) is 2. The maximum atomic E-state index is 12.6. The number of ether oxygens (including phenoxy) is 1. The number of piperidine rings is 1. The van der Waals surface area contributed by atoms with Crippen LogP contribution in [0.25, 0.3) is 0 Å². The van der Waals surface area contributed by atoms with Gasteiger partial charge in [0.25, 0.3) is 0 Å². The normalized spacial score (nSPS) is 14.7. The molecule has 1 aromatic heterocycles. The maximum Gasteiger partial charge on any atom is 0.321 e. The second-order valence-electron chi connectivity index (χ2n) is 6.51. The molecule has 7 nitrogen and oxygen atoms in total. The van der Waals surface area contributed by atoms with Crippen molar-refractivity contribution in [3.63, 3.8) is 0 Å². The van der Waals surface area contributed by atoms with Gasteiger partial charge in [-0.05, 0) is 37.1 Å². The van der Waals surface area contributed by atoms with Crippen molar-refractivity contribution in [3.8, 4) is 11.5 Å². The molecule has 1 fully saturated rings. The molecule has 3 aromatic rings. The lowest BCUT2D eigenvalue weighted by Gasteiger charge is -2.31. The Kier molecular flexibility index (Phi) is 5.00. The number of urea groups is 1. The molecule has 4 rings (SSSR count). The number of rotatable bonds is 4. The molecule has 0 unspecified atom stereocenters. The summed E-state index contributed by atoms with van der Waals surface area (Å²) in [5.41, 5.74) is 0.714. The third kappa shape index (κ3) is 4.25. The summed E-state index contributed by atoms with van der Waals surface area (Å²) < 4.78 is 5.82. The van der Waals surface area contributed by atoms with Crippen LogP contribution in [-0.2, 0) is 0 Å². The van der Waals surface area contributed by atoms with Crippen LogP contribution in [0.15, 0.2) is 60.9 Å². The van der Waals surface area contributed by atoms with Crippen LogP contribution in [0, 0.1) is 0 Å². The number of nitrogens with zero attached hydrogens (tertiary/aromatic N) is 3. The average molecular weight is 363 g/mol. The van der Waals surface area contributed by atoms with Crippen LogP contribution < -0.4 is 10.1 Å². The van der Waals surface area contributed by atoms with Gasteiger partial charge in [0.15, 0.2) is 0 Å². The van der Waals surface area contributed by atoms with Crippen LogP contribution in [-0.4, -0.2) is 39.2 Å². The van der Waals surface area contributed by atoms with Crippen LogP contribution in [0.3, 0.4) is 0 Å². The summed E-state index contributed by atoms with van der Waals surface area (Å²) in [6.07, 6.45) is 3.28. The van der Waals surface area contributed by atoms with Crippen LogP contribution >= 0.6 is 0 Å². The summed E-state index contributed by atoms with van der Waals surface area (Å²) in [6, 6.07) is 16.9. The van der Waals surface area contributed by atoms with E-state index in [1.54, 1.807) is 0 Å². The van der Waals surface area contributed by atoms with E-state index in [4.69, 9.17) is 4.74 Å². The van der Waals surface area contributed by atoms with Crippen molar-refractivity contribution in [2.75, 3.05) is 18.4 Å². The Hall–Kier alpha value is -3.35. The van der Waals surface area contributed by atoms with Crippen molar-refractivity contribution >= 4 is 11.7 Å². The first-order chi connectivity index (χ1) is 13.3. The van der Waals surface area contributed by atoms with E-state index in [1.807, 2.05) is 59.5 Å². The Morgan fingerprint density at radius 3 is 2.59 bits per heavy atom. The molecule has 0 radical (unpaired) electrons. The lowest BCUT2D eigenvalue weighted by atomic mass is 9.96. The van der Waals surface area contributed by atoms with Gasteiger partial charge in [0, 0.05) is 30.8 Å². The molecule has 0 saturated carbocycles. The fraction of sp³-hybridized carbons (Fsp3) is 0.250. The van der Waals surface area contributed by atoms with Gasteiger partial charge in [-0.1, -0.05) is 24.3 Å². The highest BCUT2D eigenvalue weighted by atomic mass is 16.5. The van der Waals surface area contributed by atoms with E-state index >= 15 is 0 Å². The zero-order valence-electron chi connectivity index (χ0n) is 14.8. The summed E-state index contributed by atoms with van der Waals surface area (Å²) in [5.74, 6) is 2.68. The number of amides is 2. The monoisotopic (exact) mass is 363 g/mol. The molecule has 7 heteroatoms. The van der Waals surface area contributed by atoms with Gasteiger partial charge < -0.3 is 15.0 Å². The number of anilines is 1. The van der Waals surface area contributed by atoms with Crippen molar-refractivity contribution in [1.29, 1.82) is 0 Å². The molecule has 0 aliphatic carbocycles. The Balaban J connectivity index is 1.34. The minimum Gasteiger partial charge on any atom is -0.457 e. The van der Waals surface area contributed by atoms with E-state index in [9.17, 15) is 4.79 Å². The van der Waals surface area contributed by atoms with Crippen molar-refractivity contribution in [3.05, 3.63) is 66.7 Å². The summed E-state index contributed by atoms with van der Waals surface area (Å²) in [7, 11) is 0. The number of benzene rings is 2. The third-order valence-corrected chi connectivity index (χ3v) is 4.67. The van der Waals surface area contributed by atoms with Crippen molar-refractivity contribution in [2.45, 2.75) is 18.8 Å². The number of carbonyl (C=O) groups is 1. The van der Waals surface area contributed by atoms with E-state index in [0.717, 1.165) is 24.4 Å². The first-order valence-electron chi connectivity index (χ1n) is 9.02. The highest BCUT2D eigenvalue weighted by molar-refractivity contribution is 5.89. The highest BCUT2D eigenvalue weighted by Crippen LogP contribution is 2.27. The molecule has 0 bridgehead atoms. The number of H-pyrrole nitrogens is 1. The number of hydrogen-bond acceptors (Lipinski definition) is 4. The number of aromatic nitrogens is 3. The lowest BCUT2D eigenvalue weighted by molar-refractivity contribution is 0.193. The van der Waals surface area contributed by atoms with Crippen LogP contribution in [0.2, 0.25) is 0 Å². The van der Waals surface area contributed by atoms with Crippen LogP contribution in [0.1, 0.15) is 24.6 Å². The molecule has 1 aliphatic heterocycles. The highest BCUT2D eigenvalue weighted by Gasteiger charge is 2.25. The largest absolute Gasteiger partial charge is 0.457 e. The molecule has 1 saturated heterocycles. The standard InChI is InChI=1S/C20H21N5O2/c26-20(25-11-9-15(10-12-25)19-21-14-22-24-19)23-16-5-4-8-18(13-16)27-17-6-2-1-3-7-17/h1-8,13-15H,9-12H2,(H,23,26)(H,21,22,24). The molecule has 27 heavy (non-hydrogen) atoms. The first kappa shape index (κ1) is 17.1. The number of carbonyl (C=O) groups excluding carboxylic acids is 1. The number of para-hydroxylation sites is 1. The van der Waals surface area contributed by atoms with Gasteiger partial charge in [0.2, 0.25) is 0 Å². The Bertz CT molecular complexity index is 874. The molecule has 0 atom stereocenters. The van der Waals surface area contributed by atoms with E-state index in [2.05, 4.69) is 20.5 Å². The lowest BCUT2D eigenvalue weighted by Crippen LogP contribution is -2.40. The minimum absolute atomic E-state index is 0.0946. The van der Waals surface area contributed by atoms with Gasteiger partial charge in [-0.2, -0.15) is 5.10 Å². The maximum absolute atomic E-state index is 12.6. The molecule has 2 amide bonds. The molecular weight excluding hydrogens is 342 g/mol. The third-order valence-electron chi connectivity index (χ3n) is 4.67. The molecule has 2 heterocycles. The van der Waals surface area contributed by atoms with E-state index in [-0.39, 0.29) is 6.03 Å². The SMILES string of the molecule is O=C(Nc1cccc(Oc2ccccc2)c1)N1CCC(c2ncn[nH]2)CC1. The van der Waals surface area contributed by atoms with Crippen molar-refractivity contribution < 1.29 is 9.53 Å². The van der Waals surface area contributed by atoms with Gasteiger partial charge in [0.1, 0.15) is 23.7 Å². The molecule has 2 N–H and O–H groups in total. The molecular formula is C20H21N5O2. The summed E-state index contributed by atoms with van der Waals surface area (Å²) in [4.78, 5) is 18.6. The van der Waals surface area contributed by atoms with Crippen molar-refractivity contribution in [1.82, 2.24) is 20.1 Å². The van der Waals surface area contributed by atoms with Gasteiger partial charge in [0.05, 0.1) is 0 Å². The number of hydrogen-bond donors (Lipinski definition) is 2. The summed E-state index contributed by atoms with van der Waals surface area (Å²) in [5, 5.41) is 9.79. The zero-order valence-corrected chi connectivity index (χ0v) is 14.8. The second-order valence-corrected chi connectivity index (χ2v) is 6.51. The predicted molar refractivity (Wildman–Crippen MR) is 102 cm³/mol. The van der Waals surface area contributed by atoms with Gasteiger partial charge in [-0.25, -0.2) is 9.78 Å². The Morgan fingerprint density at radius 1 is 1.07 bits per heavy atom. The van der Waals surface area contributed by atoms with E-state index in [1.165, 1.54) is 6.33 Å². The molecule has 2 aromatic carbocycles. The second kappa shape index (κ2) is 7.90. The number of likely N-dealkylation sites (tertiary alicyclic amines) is 1. The van der Waals surface area contributed by atoms with Crippen LogP contribution in [0.4, 0.5) is 10.5 Å². The summed E-state index contributed by atoms with van der Waals surface area (Å²) >= 11 is 0. The fourth-order valence-electron chi connectivity index (χ4n) is 3.23. The van der Waals surface area contributed by atoms with Gasteiger partial charge >= 0.3 is 6.03 Å². The van der Waals surface area contributed by atoms with Crippen molar-refractivity contribution in [2.24, 2.45) is 0 Å². The Labute approximate surface area is 157 Å². The minimum atomic E-state index is -0.0946. The first-order valence-corrected chi connectivity index (χ1v) is 9.02. The van der Waals surface area contributed by atoms with Gasteiger partial charge in [-0.3, -0.25) is 5.10 Å². The summed E-state index contributed by atoms with van der Waals surface area (Å²) in [6.45, 7) is 1.38. The quantitative estimate of drug-likeness (QED) is 0.734. The molecule has 1 aliphatic rings. The average Bonchev–Trinajstić information content (AvgIpc) is 3.24. The van der Waals surface area contributed by atoms with Gasteiger partial charge in [-0.15, -0.1) is 0 Å². The molecule has 0 spiro atoms.